The Balaban J connectivity index is 2.98. The molecule has 0 atom stereocenters. The normalized spacial score (nSPS) is 10.7. The van der Waals surface area contributed by atoms with Crippen LogP contribution in [0.4, 0.5) is 5.69 Å². The van der Waals surface area contributed by atoms with Crippen LogP contribution in [0.25, 0.3) is 0 Å². The summed E-state index contributed by atoms with van der Waals surface area (Å²) in [7, 11) is 0. The molecule has 1 aromatic rings. The van der Waals surface area contributed by atoms with Gasteiger partial charge in [-0.1, -0.05) is 18.2 Å². The first kappa shape index (κ1) is 15.5. The van der Waals surface area contributed by atoms with Gasteiger partial charge in [0, 0.05) is 5.69 Å². The third-order valence-electron chi connectivity index (χ3n) is 2.20. The van der Waals surface area contributed by atoms with E-state index in [2.05, 4.69) is 21.2 Å². The highest BCUT2D eigenvalue weighted by Crippen LogP contribution is 2.25. The molecule has 0 amide bonds. The van der Waals surface area contributed by atoms with Crippen molar-refractivity contribution in [3.63, 3.8) is 0 Å². The molecule has 1 N–H and O–H groups in total. The maximum Gasteiger partial charge on any atom is 0.355 e. The van der Waals surface area contributed by atoms with Crippen molar-refractivity contribution in [2.45, 2.75) is 18.3 Å². The predicted octanol–water partition coefficient (Wildman–Crippen LogP) is 2.32. The first-order valence-corrected chi connectivity index (χ1v) is 6.70. The smallest absolute Gasteiger partial charge is 0.355 e. The summed E-state index contributed by atoms with van der Waals surface area (Å²) in [5.41, 5.74) is 0.598. The zero-order valence-corrected chi connectivity index (χ0v) is 12.4. The van der Waals surface area contributed by atoms with E-state index in [1.165, 1.54) is 0 Å². The van der Waals surface area contributed by atoms with Gasteiger partial charge in [0.2, 0.25) is 0 Å². The Hall–Kier alpha value is -1.56. The molecular weight excluding hydrogens is 314 g/mol. The Morgan fingerprint density at radius 1 is 1.11 bits per heavy atom. The van der Waals surface area contributed by atoms with Crippen LogP contribution in [-0.2, 0) is 19.1 Å². The van der Waals surface area contributed by atoms with E-state index in [0.29, 0.717) is 5.69 Å². The molecule has 1 aromatic carbocycles. The number of carbonyl (C=O) groups is 2. The molecule has 0 fully saturated rings. The van der Waals surface area contributed by atoms with Crippen LogP contribution < -0.4 is 5.32 Å². The van der Waals surface area contributed by atoms with Gasteiger partial charge < -0.3 is 14.8 Å². The van der Waals surface area contributed by atoms with E-state index < -0.39 is 16.4 Å². The summed E-state index contributed by atoms with van der Waals surface area (Å²) in [4.78, 5) is 23.9. The highest BCUT2D eigenvalue weighted by atomic mass is 79.9. The largest absolute Gasteiger partial charge is 0.463 e. The fourth-order valence-corrected chi connectivity index (χ4v) is 1.82. The molecular formula is C13H16BrNO4. The fourth-order valence-electron chi connectivity index (χ4n) is 1.37. The first-order chi connectivity index (χ1) is 9.04. The van der Waals surface area contributed by atoms with Crippen molar-refractivity contribution < 1.29 is 19.1 Å². The summed E-state index contributed by atoms with van der Waals surface area (Å²) in [5.74, 6) is -1.48. The summed E-state index contributed by atoms with van der Waals surface area (Å²) in [6, 6.07) is 8.86. The number of ether oxygens (including phenoxy) is 2. The molecule has 0 unspecified atom stereocenters. The van der Waals surface area contributed by atoms with Crippen molar-refractivity contribution in [3.8, 4) is 0 Å². The number of alkyl halides is 1. The Morgan fingerprint density at radius 3 is 2.00 bits per heavy atom. The number of rotatable bonds is 6. The summed E-state index contributed by atoms with van der Waals surface area (Å²) in [5, 5.41) is 2.79. The van der Waals surface area contributed by atoms with Gasteiger partial charge in [-0.2, -0.15) is 0 Å². The molecule has 1 rings (SSSR count). The molecule has 0 spiro atoms. The number of nitrogens with one attached hydrogen (secondary N) is 1. The van der Waals surface area contributed by atoms with Crippen molar-refractivity contribution in [2.75, 3.05) is 18.5 Å². The van der Waals surface area contributed by atoms with Gasteiger partial charge in [0.05, 0.1) is 13.2 Å². The second-order valence-electron chi connectivity index (χ2n) is 3.59. The molecule has 0 saturated carbocycles. The Bertz CT molecular complexity index is 418. The summed E-state index contributed by atoms with van der Waals surface area (Å²) >= 11 is 3.09. The fraction of sp³-hybridized carbons (Fsp3) is 0.385. The summed E-state index contributed by atoms with van der Waals surface area (Å²) < 4.78 is 8.06. The Morgan fingerprint density at radius 2 is 1.58 bits per heavy atom. The van der Waals surface area contributed by atoms with E-state index >= 15 is 0 Å². The number of para-hydroxylation sites is 1. The lowest BCUT2D eigenvalue weighted by molar-refractivity contribution is -0.157. The lowest BCUT2D eigenvalue weighted by Crippen LogP contribution is -2.50. The average Bonchev–Trinajstić information content (AvgIpc) is 2.40. The van der Waals surface area contributed by atoms with Crippen LogP contribution >= 0.6 is 15.9 Å². The highest BCUT2D eigenvalue weighted by molar-refractivity contribution is 9.10. The van der Waals surface area contributed by atoms with Crippen LogP contribution in [-0.4, -0.2) is 29.6 Å². The van der Waals surface area contributed by atoms with Crippen LogP contribution in [0.2, 0.25) is 0 Å². The second kappa shape index (κ2) is 7.13. The van der Waals surface area contributed by atoms with E-state index in [-0.39, 0.29) is 13.2 Å². The molecule has 0 aliphatic rings. The molecule has 0 heterocycles. The van der Waals surface area contributed by atoms with Crippen LogP contribution in [0.5, 0.6) is 0 Å². The molecule has 0 bridgehead atoms. The van der Waals surface area contributed by atoms with E-state index in [1.54, 1.807) is 38.1 Å². The van der Waals surface area contributed by atoms with Crippen LogP contribution in [0.3, 0.4) is 0 Å². The maximum atomic E-state index is 12.0. The third-order valence-corrected chi connectivity index (χ3v) is 3.05. The molecule has 6 heteroatoms. The monoisotopic (exact) mass is 329 g/mol. The lowest BCUT2D eigenvalue weighted by Gasteiger charge is -2.25. The maximum absolute atomic E-state index is 12.0. The Kier molecular flexibility index (Phi) is 5.82. The summed E-state index contributed by atoms with van der Waals surface area (Å²) in [6.07, 6.45) is 0. The van der Waals surface area contributed by atoms with Crippen molar-refractivity contribution in [2.24, 2.45) is 0 Å². The number of halogens is 1. The van der Waals surface area contributed by atoms with Gasteiger partial charge in [0.25, 0.3) is 4.45 Å². The number of esters is 2. The van der Waals surface area contributed by atoms with Gasteiger partial charge in [-0.25, -0.2) is 9.59 Å². The van der Waals surface area contributed by atoms with E-state index in [4.69, 9.17) is 9.47 Å². The molecule has 104 valence electrons. The zero-order chi connectivity index (χ0) is 14.3. The van der Waals surface area contributed by atoms with E-state index in [1.807, 2.05) is 6.07 Å². The van der Waals surface area contributed by atoms with Gasteiger partial charge in [-0.3, -0.25) is 0 Å². The lowest BCUT2D eigenvalue weighted by atomic mass is 10.2. The topological polar surface area (TPSA) is 64.6 Å². The van der Waals surface area contributed by atoms with E-state index in [0.717, 1.165) is 0 Å². The molecule has 5 nitrogen and oxygen atoms in total. The number of anilines is 1. The van der Waals surface area contributed by atoms with Crippen LogP contribution in [0.1, 0.15) is 13.8 Å². The van der Waals surface area contributed by atoms with Gasteiger partial charge in [-0.05, 0) is 41.9 Å². The standard InChI is InChI=1S/C13H16BrNO4/c1-3-18-11(16)13(14,12(17)19-4-2)15-10-8-6-5-7-9-10/h5-9,15H,3-4H2,1-2H3. The van der Waals surface area contributed by atoms with Crippen LogP contribution in [0, 0.1) is 0 Å². The molecule has 0 aliphatic carbocycles. The van der Waals surface area contributed by atoms with Gasteiger partial charge in [0.1, 0.15) is 0 Å². The van der Waals surface area contributed by atoms with Crippen molar-refractivity contribution in [1.82, 2.24) is 0 Å². The SMILES string of the molecule is CCOC(=O)C(Br)(Nc1ccccc1)C(=O)OCC. The molecule has 0 saturated heterocycles. The first-order valence-electron chi connectivity index (χ1n) is 5.91. The number of benzene rings is 1. The number of carbonyl (C=O) groups excluding carboxylic acids is 2. The van der Waals surface area contributed by atoms with Crippen molar-refractivity contribution in [1.29, 1.82) is 0 Å². The minimum absolute atomic E-state index is 0.169. The van der Waals surface area contributed by atoms with E-state index in [9.17, 15) is 9.59 Å². The molecule has 0 radical (unpaired) electrons. The minimum atomic E-state index is -1.74. The summed E-state index contributed by atoms with van der Waals surface area (Å²) in [6.45, 7) is 3.67. The molecule has 0 aromatic heterocycles. The van der Waals surface area contributed by atoms with Gasteiger partial charge in [-0.15, -0.1) is 0 Å². The predicted molar refractivity (Wildman–Crippen MR) is 75.0 cm³/mol. The number of hydrogen-bond donors (Lipinski definition) is 1. The van der Waals surface area contributed by atoms with Gasteiger partial charge in [0.15, 0.2) is 0 Å². The minimum Gasteiger partial charge on any atom is -0.463 e. The van der Waals surface area contributed by atoms with Crippen molar-refractivity contribution >= 4 is 33.6 Å². The van der Waals surface area contributed by atoms with Crippen molar-refractivity contribution in [3.05, 3.63) is 30.3 Å². The highest BCUT2D eigenvalue weighted by Gasteiger charge is 2.47. The Labute approximate surface area is 120 Å². The third kappa shape index (κ3) is 3.96. The average molecular weight is 330 g/mol. The molecule has 0 aliphatic heterocycles. The number of hydrogen-bond acceptors (Lipinski definition) is 5. The zero-order valence-electron chi connectivity index (χ0n) is 10.8. The molecule has 19 heavy (non-hydrogen) atoms. The second-order valence-corrected chi connectivity index (χ2v) is 4.78. The van der Waals surface area contributed by atoms with Crippen LogP contribution in [0.15, 0.2) is 30.3 Å². The quantitative estimate of drug-likeness (QED) is 0.375. The van der Waals surface area contributed by atoms with Gasteiger partial charge >= 0.3 is 11.9 Å².